The van der Waals surface area contributed by atoms with E-state index in [-0.39, 0.29) is 0 Å². The molecule has 2 nitrogen and oxygen atoms in total. The summed E-state index contributed by atoms with van der Waals surface area (Å²) in [6, 6.07) is 1.86. The second-order valence-corrected chi connectivity index (χ2v) is 6.28. The Hall–Kier alpha value is -0.0800. The van der Waals surface area contributed by atoms with Gasteiger partial charge in [0.15, 0.2) is 0 Å². The highest BCUT2D eigenvalue weighted by atomic mass is 15.2. The molecular formula is C14H28N2. The Morgan fingerprint density at radius 3 is 2.50 bits per heavy atom. The number of hydrogen-bond acceptors (Lipinski definition) is 2. The third kappa shape index (κ3) is 2.43. The van der Waals surface area contributed by atoms with Crippen LogP contribution in [0.3, 0.4) is 0 Å². The van der Waals surface area contributed by atoms with E-state index in [9.17, 15) is 0 Å². The largest absolute Gasteiger partial charge is 0.326 e. The third-order valence-electron chi connectivity index (χ3n) is 4.88. The average molecular weight is 224 g/mol. The zero-order valence-corrected chi connectivity index (χ0v) is 11.2. The molecule has 94 valence electrons. The summed E-state index contributed by atoms with van der Waals surface area (Å²) in [4.78, 5) is 2.69. The minimum Gasteiger partial charge on any atom is -0.326 e. The van der Waals surface area contributed by atoms with Gasteiger partial charge in [0.2, 0.25) is 0 Å². The van der Waals surface area contributed by atoms with E-state index < -0.39 is 0 Å². The lowest BCUT2D eigenvalue weighted by Gasteiger charge is -2.42. The van der Waals surface area contributed by atoms with Gasteiger partial charge in [-0.15, -0.1) is 0 Å². The van der Waals surface area contributed by atoms with E-state index in [1.807, 2.05) is 0 Å². The Morgan fingerprint density at radius 2 is 1.94 bits per heavy atom. The molecule has 0 aromatic heterocycles. The first-order valence-electron chi connectivity index (χ1n) is 7.11. The van der Waals surface area contributed by atoms with Gasteiger partial charge < -0.3 is 5.73 Å². The smallest absolute Gasteiger partial charge is 0.0252 e. The number of nitrogens with two attached hydrogens (primary N) is 1. The summed E-state index contributed by atoms with van der Waals surface area (Å²) in [6.45, 7) is 8.39. The summed E-state index contributed by atoms with van der Waals surface area (Å²) < 4.78 is 0. The van der Waals surface area contributed by atoms with Crippen LogP contribution in [-0.2, 0) is 0 Å². The number of nitrogens with zero attached hydrogens (tertiary/aromatic N) is 1. The SMILES string of the molecule is CC(C)C1CCC(N)C(N2CCCC2C)C1. The number of hydrogen-bond donors (Lipinski definition) is 1. The molecule has 1 saturated heterocycles. The first-order chi connectivity index (χ1) is 7.59. The second kappa shape index (κ2) is 5.05. The molecule has 2 N–H and O–H groups in total. The van der Waals surface area contributed by atoms with Crippen molar-refractivity contribution in [3.05, 3.63) is 0 Å². The van der Waals surface area contributed by atoms with E-state index in [4.69, 9.17) is 5.73 Å². The first-order valence-corrected chi connectivity index (χ1v) is 7.11. The highest BCUT2D eigenvalue weighted by Crippen LogP contribution is 2.34. The maximum Gasteiger partial charge on any atom is 0.0252 e. The minimum absolute atomic E-state index is 0.426. The molecule has 2 aliphatic rings. The van der Waals surface area contributed by atoms with E-state index >= 15 is 0 Å². The van der Waals surface area contributed by atoms with Crippen LogP contribution in [0.25, 0.3) is 0 Å². The zero-order chi connectivity index (χ0) is 11.7. The van der Waals surface area contributed by atoms with Gasteiger partial charge in [0.25, 0.3) is 0 Å². The standard InChI is InChI=1S/C14H28N2/c1-10(2)12-6-7-13(15)14(9-12)16-8-4-5-11(16)3/h10-14H,4-9,15H2,1-3H3. The molecule has 4 atom stereocenters. The number of likely N-dealkylation sites (tertiary alicyclic amines) is 1. The normalized spacial score (nSPS) is 41.8. The van der Waals surface area contributed by atoms with Gasteiger partial charge >= 0.3 is 0 Å². The predicted molar refractivity (Wildman–Crippen MR) is 69.3 cm³/mol. The van der Waals surface area contributed by atoms with Gasteiger partial charge in [0.1, 0.15) is 0 Å². The van der Waals surface area contributed by atoms with E-state index in [1.165, 1.54) is 38.6 Å². The Balaban J connectivity index is 2.00. The average Bonchev–Trinajstić information content (AvgIpc) is 2.65. The van der Waals surface area contributed by atoms with Crippen LogP contribution in [0, 0.1) is 11.8 Å². The minimum atomic E-state index is 0.426. The molecule has 4 unspecified atom stereocenters. The van der Waals surface area contributed by atoms with Gasteiger partial charge in [-0.2, -0.15) is 0 Å². The summed E-state index contributed by atoms with van der Waals surface area (Å²) in [5.41, 5.74) is 6.34. The maximum atomic E-state index is 6.34. The Bertz CT molecular complexity index is 227. The Kier molecular flexibility index (Phi) is 3.91. The van der Waals surface area contributed by atoms with E-state index in [0.717, 1.165) is 17.9 Å². The van der Waals surface area contributed by atoms with Crippen LogP contribution in [0.4, 0.5) is 0 Å². The van der Waals surface area contributed by atoms with Gasteiger partial charge in [-0.3, -0.25) is 4.90 Å². The van der Waals surface area contributed by atoms with Crippen molar-refractivity contribution < 1.29 is 0 Å². The lowest BCUT2D eigenvalue weighted by Crippen LogP contribution is -2.52. The topological polar surface area (TPSA) is 29.3 Å². The van der Waals surface area contributed by atoms with Crippen LogP contribution >= 0.6 is 0 Å². The molecule has 0 radical (unpaired) electrons. The van der Waals surface area contributed by atoms with Gasteiger partial charge in [-0.05, 0) is 57.4 Å². The van der Waals surface area contributed by atoms with E-state index in [1.54, 1.807) is 0 Å². The van der Waals surface area contributed by atoms with Crippen molar-refractivity contribution >= 4 is 0 Å². The first kappa shape index (κ1) is 12.4. The molecule has 0 amide bonds. The van der Waals surface area contributed by atoms with Crippen LogP contribution in [0.1, 0.15) is 52.9 Å². The van der Waals surface area contributed by atoms with Gasteiger partial charge in [-0.1, -0.05) is 13.8 Å². The van der Waals surface area contributed by atoms with Crippen molar-refractivity contribution in [2.24, 2.45) is 17.6 Å². The molecule has 1 aliphatic heterocycles. The van der Waals surface area contributed by atoms with Crippen molar-refractivity contribution in [1.29, 1.82) is 0 Å². The molecule has 0 bridgehead atoms. The fourth-order valence-corrected chi connectivity index (χ4v) is 3.64. The highest BCUT2D eigenvalue weighted by molar-refractivity contribution is 4.93. The van der Waals surface area contributed by atoms with Crippen LogP contribution in [-0.4, -0.2) is 29.6 Å². The molecule has 16 heavy (non-hydrogen) atoms. The maximum absolute atomic E-state index is 6.34. The molecule has 2 fully saturated rings. The molecule has 1 saturated carbocycles. The summed E-state index contributed by atoms with van der Waals surface area (Å²) in [6.07, 6.45) is 6.66. The van der Waals surface area contributed by atoms with Crippen LogP contribution in [0.2, 0.25) is 0 Å². The van der Waals surface area contributed by atoms with Crippen molar-refractivity contribution in [1.82, 2.24) is 4.90 Å². The molecule has 1 heterocycles. The predicted octanol–water partition coefficient (Wildman–Crippen LogP) is 2.62. The zero-order valence-electron chi connectivity index (χ0n) is 11.2. The molecule has 2 rings (SSSR count). The molecule has 0 aromatic carbocycles. The van der Waals surface area contributed by atoms with E-state index in [0.29, 0.717) is 12.1 Å². The van der Waals surface area contributed by atoms with Crippen molar-refractivity contribution in [3.8, 4) is 0 Å². The lowest BCUT2D eigenvalue weighted by molar-refractivity contribution is 0.0919. The van der Waals surface area contributed by atoms with E-state index in [2.05, 4.69) is 25.7 Å². The lowest BCUT2D eigenvalue weighted by atomic mass is 9.76. The fourth-order valence-electron chi connectivity index (χ4n) is 3.64. The molecule has 0 spiro atoms. The third-order valence-corrected chi connectivity index (χ3v) is 4.88. The second-order valence-electron chi connectivity index (χ2n) is 6.28. The molecular weight excluding hydrogens is 196 g/mol. The number of rotatable bonds is 2. The quantitative estimate of drug-likeness (QED) is 0.781. The van der Waals surface area contributed by atoms with Gasteiger partial charge in [-0.25, -0.2) is 0 Å². The van der Waals surface area contributed by atoms with Gasteiger partial charge in [0.05, 0.1) is 0 Å². The van der Waals surface area contributed by atoms with Crippen molar-refractivity contribution in [2.45, 2.75) is 71.0 Å². The van der Waals surface area contributed by atoms with Crippen molar-refractivity contribution in [2.75, 3.05) is 6.54 Å². The van der Waals surface area contributed by atoms with Crippen LogP contribution < -0.4 is 5.73 Å². The Labute approximate surface area is 101 Å². The Morgan fingerprint density at radius 1 is 1.19 bits per heavy atom. The summed E-state index contributed by atoms with van der Waals surface area (Å²) in [5.74, 6) is 1.73. The summed E-state index contributed by atoms with van der Waals surface area (Å²) in [5, 5.41) is 0. The van der Waals surface area contributed by atoms with Crippen molar-refractivity contribution in [3.63, 3.8) is 0 Å². The highest BCUT2D eigenvalue weighted by Gasteiger charge is 2.36. The fraction of sp³-hybridized carbons (Fsp3) is 1.00. The summed E-state index contributed by atoms with van der Waals surface area (Å²) in [7, 11) is 0. The molecule has 2 heteroatoms. The molecule has 0 aromatic rings. The summed E-state index contributed by atoms with van der Waals surface area (Å²) >= 11 is 0. The van der Waals surface area contributed by atoms with Gasteiger partial charge in [0, 0.05) is 18.1 Å². The molecule has 1 aliphatic carbocycles. The monoisotopic (exact) mass is 224 g/mol. The van der Waals surface area contributed by atoms with Crippen LogP contribution in [0.15, 0.2) is 0 Å². The van der Waals surface area contributed by atoms with Crippen LogP contribution in [0.5, 0.6) is 0 Å².